The topological polar surface area (TPSA) is 76.4 Å². The average molecular weight is 376 g/mol. The zero-order valence-electron chi connectivity index (χ0n) is 14.9. The third-order valence-corrected chi connectivity index (χ3v) is 4.74. The van der Waals surface area contributed by atoms with Crippen LogP contribution in [-0.2, 0) is 6.54 Å². The molecule has 2 unspecified atom stereocenters. The monoisotopic (exact) mass is 375 g/mol. The summed E-state index contributed by atoms with van der Waals surface area (Å²) < 4.78 is 5.42. The first kappa shape index (κ1) is 20.2. The quantitative estimate of drug-likeness (QED) is 0.725. The summed E-state index contributed by atoms with van der Waals surface area (Å²) in [5, 5.41) is 7.24. The summed E-state index contributed by atoms with van der Waals surface area (Å²) in [7, 11) is 1.64. The van der Waals surface area contributed by atoms with E-state index in [0.717, 1.165) is 30.7 Å². The Morgan fingerprint density at radius 1 is 1.27 bits per heavy atom. The van der Waals surface area contributed by atoms with Crippen molar-refractivity contribution in [3.63, 3.8) is 0 Å². The predicted octanol–water partition coefficient (Wildman–Crippen LogP) is 2.80. The molecular weight excluding hydrogens is 350 g/mol. The van der Waals surface area contributed by atoms with Crippen molar-refractivity contribution in [3.05, 3.63) is 65.2 Å². The van der Waals surface area contributed by atoms with Crippen LogP contribution in [0.3, 0.4) is 0 Å². The Labute approximate surface area is 160 Å². The number of piperidine rings is 1. The van der Waals surface area contributed by atoms with Gasteiger partial charge in [0.1, 0.15) is 5.75 Å². The minimum absolute atomic E-state index is 0. The molecule has 6 heteroatoms. The lowest BCUT2D eigenvalue weighted by Crippen LogP contribution is -2.45. The van der Waals surface area contributed by atoms with Gasteiger partial charge in [0.2, 0.25) is 5.91 Å². The molecule has 1 aliphatic heterocycles. The van der Waals surface area contributed by atoms with Crippen molar-refractivity contribution in [1.82, 2.24) is 10.6 Å². The van der Waals surface area contributed by atoms with Crippen LogP contribution in [0.25, 0.3) is 0 Å². The Hall–Kier alpha value is -2.08. The fourth-order valence-corrected chi connectivity index (χ4v) is 3.43. The number of primary amides is 1. The van der Waals surface area contributed by atoms with Gasteiger partial charge in [0, 0.05) is 29.8 Å². The first-order chi connectivity index (χ1) is 12.2. The Kier molecular flexibility index (Phi) is 7.45. The number of nitrogens with two attached hydrogens (primary N) is 1. The van der Waals surface area contributed by atoms with Crippen molar-refractivity contribution < 1.29 is 9.53 Å². The maximum atomic E-state index is 11.4. The van der Waals surface area contributed by atoms with E-state index in [1.54, 1.807) is 19.2 Å². The van der Waals surface area contributed by atoms with Crippen LogP contribution in [-0.4, -0.2) is 25.6 Å². The molecule has 0 aromatic heterocycles. The minimum Gasteiger partial charge on any atom is -0.496 e. The van der Waals surface area contributed by atoms with Gasteiger partial charge in [0.25, 0.3) is 0 Å². The van der Waals surface area contributed by atoms with Crippen molar-refractivity contribution >= 4 is 18.3 Å². The van der Waals surface area contributed by atoms with Crippen LogP contribution in [0.5, 0.6) is 5.75 Å². The standard InChI is InChI=1S/C20H25N3O2.ClH/c1-25-18-10-9-15(20(21)24)12-16(18)13-23-17-8-5-11-22-19(17)14-6-3-2-4-7-14;/h2-4,6-7,9-10,12,17,19,22-23H,5,8,11,13H2,1H3,(H2,21,24);1H. The fourth-order valence-electron chi connectivity index (χ4n) is 3.43. The number of carbonyl (C=O) groups excluding carboxylic acids is 1. The molecule has 3 rings (SSSR count). The van der Waals surface area contributed by atoms with Crippen LogP contribution < -0.4 is 21.1 Å². The lowest BCUT2D eigenvalue weighted by Gasteiger charge is -2.34. The highest BCUT2D eigenvalue weighted by atomic mass is 35.5. The van der Waals surface area contributed by atoms with Gasteiger partial charge in [-0.3, -0.25) is 4.79 Å². The first-order valence-corrected chi connectivity index (χ1v) is 8.67. The van der Waals surface area contributed by atoms with Crippen LogP contribution in [0.1, 0.15) is 40.4 Å². The number of hydrogen-bond donors (Lipinski definition) is 3. The number of nitrogens with one attached hydrogen (secondary N) is 2. The van der Waals surface area contributed by atoms with Gasteiger partial charge in [-0.1, -0.05) is 30.3 Å². The Morgan fingerprint density at radius 2 is 2.04 bits per heavy atom. The van der Waals surface area contributed by atoms with Gasteiger partial charge >= 0.3 is 0 Å². The number of methoxy groups -OCH3 is 1. The summed E-state index contributed by atoms with van der Waals surface area (Å²) in [6.07, 6.45) is 2.24. The van der Waals surface area contributed by atoms with E-state index in [1.807, 2.05) is 12.1 Å². The highest BCUT2D eigenvalue weighted by Crippen LogP contribution is 2.25. The second kappa shape index (κ2) is 9.57. The van der Waals surface area contributed by atoms with E-state index in [2.05, 4.69) is 34.9 Å². The lowest BCUT2D eigenvalue weighted by atomic mass is 9.92. The molecule has 2 aromatic rings. The number of halogens is 1. The molecule has 26 heavy (non-hydrogen) atoms. The molecule has 1 amide bonds. The Balaban J connectivity index is 0.00000243. The molecule has 0 spiro atoms. The smallest absolute Gasteiger partial charge is 0.248 e. The highest BCUT2D eigenvalue weighted by molar-refractivity contribution is 5.93. The van der Waals surface area contributed by atoms with Crippen molar-refractivity contribution in [3.8, 4) is 5.75 Å². The normalized spacial score (nSPS) is 19.4. The largest absolute Gasteiger partial charge is 0.496 e. The van der Waals surface area contributed by atoms with E-state index in [0.29, 0.717) is 18.2 Å². The number of carbonyl (C=O) groups is 1. The zero-order chi connectivity index (χ0) is 17.6. The van der Waals surface area contributed by atoms with Crippen LogP contribution >= 0.6 is 12.4 Å². The van der Waals surface area contributed by atoms with Crippen LogP contribution in [0, 0.1) is 0 Å². The lowest BCUT2D eigenvalue weighted by molar-refractivity contribution is 0.1000. The average Bonchev–Trinajstić information content (AvgIpc) is 2.67. The van der Waals surface area contributed by atoms with Gasteiger partial charge in [0.05, 0.1) is 7.11 Å². The molecule has 5 nitrogen and oxygen atoms in total. The molecule has 0 bridgehead atoms. The fraction of sp³-hybridized carbons (Fsp3) is 0.350. The van der Waals surface area contributed by atoms with Crippen molar-refractivity contribution in [2.75, 3.05) is 13.7 Å². The van der Waals surface area contributed by atoms with E-state index in [-0.39, 0.29) is 18.4 Å². The summed E-state index contributed by atoms with van der Waals surface area (Å²) in [4.78, 5) is 11.4. The summed E-state index contributed by atoms with van der Waals surface area (Å²) in [5.74, 6) is 0.336. The predicted molar refractivity (Wildman–Crippen MR) is 106 cm³/mol. The van der Waals surface area contributed by atoms with Crippen molar-refractivity contribution in [2.45, 2.75) is 31.5 Å². The molecule has 1 saturated heterocycles. The van der Waals surface area contributed by atoms with Gasteiger partial charge < -0.3 is 21.1 Å². The third-order valence-electron chi connectivity index (χ3n) is 4.74. The van der Waals surface area contributed by atoms with Crippen LogP contribution in [0.4, 0.5) is 0 Å². The maximum absolute atomic E-state index is 11.4. The molecule has 1 fully saturated rings. The second-order valence-corrected chi connectivity index (χ2v) is 6.36. The molecule has 1 aliphatic rings. The molecule has 2 atom stereocenters. The number of rotatable bonds is 6. The van der Waals surface area contributed by atoms with E-state index in [9.17, 15) is 4.79 Å². The van der Waals surface area contributed by atoms with Gasteiger partial charge in [0.15, 0.2) is 0 Å². The SMILES string of the molecule is COc1ccc(C(N)=O)cc1CNC1CCCNC1c1ccccc1.Cl. The summed E-state index contributed by atoms with van der Waals surface area (Å²) >= 11 is 0. The van der Waals surface area contributed by atoms with E-state index in [1.165, 1.54) is 5.56 Å². The van der Waals surface area contributed by atoms with Crippen molar-refractivity contribution in [2.24, 2.45) is 5.73 Å². The first-order valence-electron chi connectivity index (χ1n) is 8.67. The number of ether oxygens (including phenoxy) is 1. The molecule has 4 N–H and O–H groups in total. The molecule has 1 heterocycles. The summed E-state index contributed by atoms with van der Waals surface area (Å²) in [6, 6.07) is 16.4. The highest BCUT2D eigenvalue weighted by Gasteiger charge is 2.25. The van der Waals surface area contributed by atoms with E-state index >= 15 is 0 Å². The minimum atomic E-state index is -0.426. The zero-order valence-corrected chi connectivity index (χ0v) is 15.7. The van der Waals surface area contributed by atoms with Crippen molar-refractivity contribution in [1.29, 1.82) is 0 Å². The molecule has 2 aromatic carbocycles. The molecule has 0 aliphatic carbocycles. The Morgan fingerprint density at radius 3 is 2.73 bits per heavy atom. The van der Waals surface area contributed by atoms with Crippen LogP contribution in [0.2, 0.25) is 0 Å². The van der Waals surface area contributed by atoms with Gasteiger partial charge in [-0.05, 0) is 43.1 Å². The number of benzene rings is 2. The van der Waals surface area contributed by atoms with E-state index in [4.69, 9.17) is 10.5 Å². The van der Waals surface area contributed by atoms with Gasteiger partial charge in [-0.2, -0.15) is 0 Å². The molecule has 0 radical (unpaired) electrons. The third kappa shape index (κ3) is 4.75. The van der Waals surface area contributed by atoms with Gasteiger partial charge in [-0.25, -0.2) is 0 Å². The van der Waals surface area contributed by atoms with Gasteiger partial charge in [-0.15, -0.1) is 12.4 Å². The number of amides is 1. The maximum Gasteiger partial charge on any atom is 0.248 e. The van der Waals surface area contributed by atoms with E-state index < -0.39 is 5.91 Å². The summed E-state index contributed by atoms with van der Waals surface area (Å²) in [6.45, 7) is 1.65. The molecular formula is C20H26ClN3O2. The summed E-state index contributed by atoms with van der Waals surface area (Å²) in [5.41, 5.74) is 8.13. The Bertz CT molecular complexity index is 724. The molecule has 140 valence electrons. The molecule has 0 saturated carbocycles. The van der Waals surface area contributed by atoms with Crippen LogP contribution in [0.15, 0.2) is 48.5 Å². The second-order valence-electron chi connectivity index (χ2n) is 6.36. The number of hydrogen-bond acceptors (Lipinski definition) is 4.